The molecule has 1 aliphatic rings. The summed E-state index contributed by atoms with van der Waals surface area (Å²) in [5.74, 6) is -2.77. The van der Waals surface area contributed by atoms with E-state index in [-0.39, 0.29) is 42.0 Å². The minimum Gasteiger partial charge on any atom is -0.349 e. The number of sulfonamides is 1. The Labute approximate surface area is 210 Å². The van der Waals surface area contributed by atoms with E-state index in [9.17, 15) is 26.8 Å². The van der Waals surface area contributed by atoms with Crippen LogP contribution >= 0.6 is 0 Å². The van der Waals surface area contributed by atoms with Gasteiger partial charge in [-0.25, -0.2) is 17.2 Å². The molecule has 2 aromatic rings. The van der Waals surface area contributed by atoms with Gasteiger partial charge in [0, 0.05) is 31.2 Å². The third-order valence-electron chi connectivity index (χ3n) is 6.39. The predicted molar refractivity (Wildman–Crippen MR) is 132 cm³/mol. The van der Waals surface area contributed by atoms with Gasteiger partial charge in [0.2, 0.25) is 15.9 Å². The van der Waals surface area contributed by atoms with Gasteiger partial charge in [0.15, 0.2) is 11.6 Å². The first kappa shape index (κ1) is 27.5. The van der Waals surface area contributed by atoms with Crippen molar-refractivity contribution in [2.75, 3.05) is 13.1 Å². The lowest BCUT2D eigenvalue weighted by atomic mass is 9.67. The molecular weight excluding hydrogens is 488 g/mol. The maximum atomic E-state index is 13.5. The van der Waals surface area contributed by atoms with Crippen LogP contribution in [0.15, 0.2) is 60.0 Å². The number of nitrogens with zero attached hydrogens (tertiary/aromatic N) is 1. The molecule has 0 aromatic heterocycles. The Balaban J connectivity index is 1.73. The van der Waals surface area contributed by atoms with Crippen LogP contribution in [0.4, 0.5) is 8.78 Å². The number of piperidine rings is 1. The van der Waals surface area contributed by atoms with Crippen LogP contribution in [0.5, 0.6) is 0 Å². The van der Waals surface area contributed by atoms with E-state index >= 15 is 0 Å². The summed E-state index contributed by atoms with van der Waals surface area (Å²) in [7, 11) is -3.88. The van der Waals surface area contributed by atoms with E-state index < -0.39 is 38.4 Å². The molecule has 0 radical (unpaired) electrons. The fourth-order valence-corrected chi connectivity index (χ4v) is 6.61. The number of rotatable bonds is 7. The monoisotopic (exact) mass is 519 g/mol. The molecule has 0 saturated carbocycles. The fourth-order valence-electron chi connectivity index (χ4n) is 4.83. The van der Waals surface area contributed by atoms with Crippen molar-refractivity contribution in [2.24, 2.45) is 10.8 Å². The van der Waals surface area contributed by atoms with Crippen molar-refractivity contribution in [1.82, 2.24) is 14.9 Å². The number of amides is 2. The van der Waals surface area contributed by atoms with Crippen molar-refractivity contribution in [3.8, 4) is 0 Å². The molecule has 2 N–H and O–H groups in total. The number of hydrogen-bond donors (Lipinski definition) is 2. The van der Waals surface area contributed by atoms with E-state index in [0.717, 1.165) is 12.1 Å². The van der Waals surface area contributed by atoms with Crippen LogP contribution in [0.1, 0.15) is 43.6 Å². The Bertz CT molecular complexity index is 1260. The van der Waals surface area contributed by atoms with Crippen LogP contribution in [0.3, 0.4) is 0 Å². The zero-order valence-corrected chi connectivity index (χ0v) is 21.6. The van der Waals surface area contributed by atoms with E-state index in [4.69, 9.17) is 0 Å². The van der Waals surface area contributed by atoms with Crippen molar-refractivity contribution >= 4 is 21.8 Å². The highest BCUT2D eigenvalue weighted by Gasteiger charge is 2.50. The summed E-state index contributed by atoms with van der Waals surface area (Å²) in [6, 6.07) is 8.61. The Morgan fingerprint density at radius 1 is 1.03 bits per heavy atom. The molecule has 1 heterocycles. The van der Waals surface area contributed by atoms with Crippen LogP contribution in [0.2, 0.25) is 0 Å². The minimum absolute atomic E-state index is 0.0163. The average Bonchev–Trinajstić information content (AvgIpc) is 2.81. The first-order valence-corrected chi connectivity index (χ1v) is 12.9. The molecule has 10 heteroatoms. The van der Waals surface area contributed by atoms with E-state index in [0.29, 0.717) is 5.56 Å². The molecule has 3 rings (SSSR count). The maximum absolute atomic E-state index is 13.5. The molecular formula is C26H31F2N3O4S. The normalized spacial score (nSPS) is 17.8. The van der Waals surface area contributed by atoms with E-state index in [1.165, 1.54) is 40.7 Å². The zero-order valence-electron chi connectivity index (χ0n) is 20.8. The highest BCUT2D eigenvalue weighted by molar-refractivity contribution is 7.89. The van der Waals surface area contributed by atoms with Gasteiger partial charge in [-0.3, -0.25) is 9.59 Å². The summed E-state index contributed by atoms with van der Waals surface area (Å²) < 4.78 is 54.7. The van der Waals surface area contributed by atoms with Crippen molar-refractivity contribution in [3.05, 3.63) is 77.9 Å². The SMILES string of the molecule is C=CC(=O)NC1C(C)(C)CN(S(=O)(=O)c2ccc(C(=O)NCc3ccc(F)c(F)c3)cc2)CC1(C)C. The molecule has 0 bridgehead atoms. The van der Waals surface area contributed by atoms with E-state index in [2.05, 4.69) is 17.2 Å². The molecule has 0 unspecified atom stereocenters. The second-order valence-electron chi connectivity index (χ2n) is 10.4. The lowest BCUT2D eigenvalue weighted by Crippen LogP contribution is -2.64. The van der Waals surface area contributed by atoms with Crippen LogP contribution in [-0.4, -0.2) is 43.7 Å². The topological polar surface area (TPSA) is 95.6 Å². The Kier molecular flexibility index (Phi) is 7.71. The number of carbonyl (C=O) groups is 2. The molecule has 36 heavy (non-hydrogen) atoms. The highest BCUT2D eigenvalue weighted by atomic mass is 32.2. The lowest BCUT2D eigenvalue weighted by molar-refractivity contribution is -0.120. The minimum atomic E-state index is -3.88. The first-order valence-electron chi connectivity index (χ1n) is 11.4. The third kappa shape index (κ3) is 5.82. The van der Waals surface area contributed by atoms with Gasteiger partial charge in [-0.05, 0) is 58.9 Å². The largest absolute Gasteiger partial charge is 0.349 e. The van der Waals surface area contributed by atoms with Crippen molar-refractivity contribution < 1.29 is 26.8 Å². The van der Waals surface area contributed by atoms with Crippen LogP contribution < -0.4 is 10.6 Å². The van der Waals surface area contributed by atoms with Gasteiger partial charge in [-0.1, -0.05) is 40.3 Å². The molecule has 0 aliphatic carbocycles. The summed E-state index contributed by atoms with van der Waals surface area (Å²) in [5, 5.41) is 5.55. The summed E-state index contributed by atoms with van der Waals surface area (Å²) in [4.78, 5) is 24.5. The first-order chi connectivity index (χ1) is 16.7. The maximum Gasteiger partial charge on any atom is 0.251 e. The molecule has 1 aliphatic heterocycles. The van der Waals surface area contributed by atoms with Gasteiger partial charge in [0.25, 0.3) is 5.91 Å². The Morgan fingerprint density at radius 3 is 2.14 bits per heavy atom. The average molecular weight is 520 g/mol. The molecule has 2 aromatic carbocycles. The van der Waals surface area contributed by atoms with E-state index in [1.54, 1.807) is 0 Å². The van der Waals surface area contributed by atoms with Crippen LogP contribution in [0, 0.1) is 22.5 Å². The number of nitrogens with one attached hydrogen (secondary N) is 2. The summed E-state index contributed by atoms with van der Waals surface area (Å²) in [5.41, 5.74) is -0.511. The zero-order chi connectivity index (χ0) is 26.9. The van der Waals surface area contributed by atoms with Crippen molar-refractivity contribution in [1.29, 1.82) is 0 Å². The number of carbonyl (C=O) groups excluding carboxylic acids is 2. The molecule has 0 spiro atoms. The quantitative estimate of drug-likeness (QED) is 0.547. The van der Waals surface area contributed by atoms with Gasteiger partial charge < -0.3 is 10.6 Å². The van der Waals surface area contributed by atoms with Gasteiger partial charge >= 0.3 is 0 Å². The standard InChI is InChI=1S/C26H31F2N3O4S/c1-6-22(32)30-24-25(2,3)15-31(16-26(24,4)5)36(34,35)19-10-8-18(9-11-19)23(33)29-14-17-7-12-20(27)21(28)13-17/h6-13,24H,1,14-16H2,2-5H3,(H,29,33)(H,30,32). The van der Waals surface area contributed by atoms with Gasteiger partial charge in [0.05, 0.1) is 4.90 Å². The van der Waals surface area contributed by atoms with Crippen molar-refractivity contribution in [2.45, 2.75) is 45.2 Å². The summed E-state index contributed by atoms with van der Waals surface area (Å²) >= 11 is 0. The molecule has 0 atom stereocenters. The van der Waals surface area contributed by atoms with Gasteiger partial charge in [-0.2, -0.15) is 4.31 Å². The molecule has 1 saturated heterocycles. The second kappa shape index (κ2) is 10.1. The smallest absolute Gasteiger partial charge is 0.251 e. The Hall–Kier alpha value is -3.11. The second-order valence-corrected chi connectivity index (χ2v) is 12.3. The lowest BCUT2D eigenvalue weighted by Gasteiger charge is -2.52. The van der Waals surface area contributed by atoms with Crippen LogP contribution in [0.25, 0.3) is 0 Å². The van der Waals surface area contributed by atoms with E-state index in [1.807, 2.05) is 27.7 Å². The highest BCUT2D eigenvalue weighted by Crippen LogP contribution is 2.42. The molecule has 194 valence electrons. The third-order valence-corrected chi connectivity index (χ3v) is 8.20. The van der Waals surface area contributed by atoms with Gasteiger partial charge in [0.1, 0.15) is 0 Å². The van der Waals surface area contributed by atoms with Crippen molar-refractivity contribution in [3.63, 3.8) is 0 Å². The molecule has 7 nitrogen and oxygen atoms in total. The number of benzene rings is 2. The molecule has 2 amide bonds. The number of hydrogen-bond acceptors (Lipinski definition) is 4. The molecule has 1 fully saturated rings. The van der Waals surface area contributed by atoms with Gasteiger partial charge in [-0.15, -0.1) is 0 Å². The summed E-state index contributed by atoms with van der Waals surface area (Å²) in [6.45, 7) is 11.5. The summed E-state index contributed by atoms with van der Waals surface area (Å²) in [6.07, 6.45) is 1.20. The Morgan fingerprint density at radius 2 is 1.61 bits per heavy atom. The fraction of sp³-hybridized carbons (Fsp3) is 0.385. The van der Waals surface area contributed by atoms with Crippen LogP contribution in [-0.2, 0) is 21.4 Å². The number of halogens is 2. The predicted octanol–water partition coefficient (Wildman–Crippen LogP) is 3.62.